The average molecular weight is 329 g/mol. The molecule has 19 heavy (non-hydrogen) atoms. The minimum atomic E-state index is -0.520. The van der Waals surface area contributed by atoms with E-state index in [-0.39, 0.29) is 15.4 Å². The predicted octanol–water partition coefficient (Wildman–Crippen LogP) is 4.58. The van der Waals surface area contributed by atoms with Crippen LogP contribution in [-0.4, -0.2) is 11.5 Å². The van der Waals surface area contributed by atoms with E-state index >= 15 is 0 Å². The summed E-state index contributed by atoms with van der Waals surface area (Å²) in [5, 5.41) is 3.36. The Kier molecular flexibility index (Phi) is 4.04. The van der Waals surface area contributed by atoms with Gasteiger partial charge in [-0.15, -0.1) is 0 Å². The molecule has 0 aliphatic carbocycles. The highest BCUT2D eigenvalue weighted by molar-refractivity contribution is 9.10. The summed E-state index contributed by atoms with van der Waals surface area (Å²) in [4.78, 5) is 4.21. The lowest BCUT2D eigenvalue weighted by molar-refractivity contribution is 0.609. The second-order valence-electron chi connectivity index (χ2n) is 4.31. The molecule has 0 aliphatic heterocycles. The van der Waals surface area contributed by atoms with Crippen molar-refractivity contribution in [3.05, 3.63) is 33.4 Å². The third-order valence-electron chi connectivity index (χ3n) is 3.12. The van der Waals surface area contributed by atoms with E-state index in [1.54, 1.807) is 0 Å². The average Bonchev–Trinajstić information content (AvgIpc) is 2.36. The molecule has 0 bridgehead atoms. The molecule has 1 aromatic heterocycles. The minimum Gasteiger partial charge on any atom is -0.384 e. The van der Waals surface area contributed by atoms with Crippen molar-refractivity contribution in [1.29, 1.82) is 0 Å². The smallest absolute Gasteiger partial charge is 0.150 e. The molecule has 0 unspecified atom stereocenters. The van der Waals surface area contributed by atoms with Crippen molar-refractivity contribution in [3.8, 4) is 0 Å². The second-order valence-corrected chi connectivity index (χ2v) is 5.17. The minimum absolute atomic E-state index is 0.0753. The van der Waals surface area contributed by atoms with E-state index in [2.05, 4.69) is 26.2 Å². The fourth-order valence-electron chi connectivity index (χ4n) is 2.29. The van der Waals surface area contributed by atoms with Gasteiger partial charge in [0.15, 0.2) is 5.82 Å². The van der Waals surface area contributed by atoms with E-state index in [4.69, 9.17) is 0 Å². The zero-order valence-electron chi connectivity index (χ0n) is 11.1. The van der Waals surface area contributed by atoms with Crippen LogP contribution in [0.5, 0.6) is 0 Å². The van der Waals surface area contributed by atoms with Crippen LogP contribution in [0.15, 0.2) is 10.5 Å². The summed E-state index contributed by atoms with van der Waals surface area (Å²) < 4.78 is 28.4. The predicted molar refractivity (Wildman–Crippen MR) is 77.6 cm³/mol. The maximum atomic E-state index is 14.3. The number of nitrogens with one attached hydrogen (secondary N) is 1. The molecule has 0 atom stereocenters. The van der Waals surface area contributed by atoms with Crippen LogP contribution >= 0.6 is 15.9 Å². The van der Waals surface area contributed by atoms with Crippen LogP contribution < -0.4 is 5.32 Å². The Morgan fingerprint density at radius 2 is 2.00 bits per heavy atom. The maximum absolute atomic E-state index is 14.3. The fraction of sp³-hybridized carbons (Fsp3) is 0.357. The Morgan fingerprint density at radius 3 is 2.58 bits per heavy atom. The van der Waals surface area contributed by atoms with E-state index in [0.29, 0.717) is 18.7 Å². The molecule has 0 saturated heterocycles. The number of halogens is 3. The van der Waals surface area contributed by atoms with E-state index in [1.165, 1.54) is 0 Å². The van der Waals surface area contributed by atoms with Crippen molar-refractivity contribution in [2.75, 3.05) is 11.9 Å². The highest BCUT2D eigenvalue weighted by atomic mass is 79.9. The van der Waals surface area contributed by atoms with E-state index in [1.807, 2.05) is 20.8 Å². The molecule has 1 heterocycles. The molecule has 1 aromatic carbocycles. The second kappa shape index (κ2) is 5.41. The first-order chi connectivity index (χ1) is 9.01. The molecule has 0 aliphatic rings. The van der Waals surface area contributed by atoms with Gasteiger partial charge in [0.05, 0.1) is 15.5 Å². The lowest BCUT2D eigenvalue weighted by Crippen LogP contribution is -2.07. The third kappa shape index (κ3) is 2.31. The number of aromatic nitrogens is 1. The van der Waals surface area contributed by atoms with Crippen LogP contribution in [0.1, 0.15) is 25.1 Å². The van der Waals surface area contributed by atoms with Gasteiger partial charge in [0.25, 0.3) is 0 Å². The first-order valence-electron chi connectivity index (χ1n) is 6.21. The summed E-state index contributed by atoms with van der Waals surface area (Å²) in [6, 6.07) is 1.12. The number of rotatable bonds is 3. The number of hydrogen-bond donors (Lipinski definition) is 1. The van der Waals surface area contributed by atoms with Gasteiger partial charge in [0, 0.05) is 12.2 Å². The Hall–Kier alpha value is -1.23. The molecule has 2 rings (SSSR count). The SMILES string of the molecule is CCNc1c(CC)c(C)nc2c(F)cc(Br)c(F)c12. The summed E-state index contributed by atoms with van der Waals surface area (Å²) in [5.74, 6) is -0.997. The van der Waals surface area contributed by atoms with E-state index < -0.39 is 11.6 Å². The van der Waals surface area contributed by atoms with Crippen LogP contribution in [0.3, 0.4) is 0 Å². The third-order valence-corrected chi connectivity index (χ3v) is 3.70. The van der Waals surface area contributed by atoms with Gasteiger partial charge in [0.1, 0.15) is 11.3 Å². The number of anilines is 1. The van der Waals surface area contributed by atoms with Gasteiger partial charge in [-0.25, -0.2) is 13.8 Å². The summed E-state index contributed by atoms with van der Waals surface area (Å²) in [6.45, 7) is 6.36. The van der Waals surface area contributed by atoms with Crippen molar-refractivity contribution in [3.63, 3.8) is 0 Å². The molecule has 2 aromatic rings. The first kappa shape index (κ1) is 14.2. The molecule has 102 valence electrons. The number of benzene rings is 1. The maximum Gasteiger partial charge on any atom is 0.150 e. The Morgan fingerprint density at radius 1 is 1.32 bits per heavy atom. The van der Waals surface area contributed by atoms with Crippen molar-refractivity contribution in [1.82, 2.24) is 4.98 Å². The van der Waals surface area contributed by atoms with Gasteiger partial charge in [-0.05, 0) is 47.8 Å². The van der Waals surface area contributed by atoms with Crippen LogP contribution in [0.4, 0.5) is 14.5 Å². The topological polar surface area (TPSA) is 24.9 Å². The molecule has 0 fully saturated rings. The van der Waals surface area contributed by atoms with Gasteiger partial charge >= 0.3 is 0 Å². The summed E-state index contributed by atoms with van der Waals surface area (Å²) in [5.41, 5.74) is 2.37. The van der Waals surface area contributed by atoms with Gasteiger partial charge in [-0.1, -0.05) is 6.92 Å². The molecule has 1 N–H and O–H groups in total. The summed E-state index contributed by atoms with van der Waals surface area (Å²) >= 11 is 3.05. The highest BCUT2D eigenvalue weighted by Gasteiger charge is 2.19. The number of aryl methyl sites for hydroxylation is 1. The number of nitrogens with zero attached hydrogens (tertiary/aromatic N) is 1. The normalized spacial score (nSPS) is 11.1. The molecular formula is C14H15BrF2N2. The van der Waals surface area contributed by atoms with Gasteiger partial charge < -0.3 is 5.32 Å². The van der Waals surface area contributed by atoms with Crippen LogP contribution in [0.2, 0.25) is 0 Å². The Labute approximate surface area is 119 Å². The van der Waals surface area contributed by atoms with Crippen molar-refractivity contribution in [2.24, 2.45) is 0 Å². The zero-order chi connectivity index (χ0) is 14.2. The quantitative estimate of drug-likeness (QED) is 0.834. The monoisotopic (exact) mass is 328 g/mol. The van der Waals surface area contributed by atoms with Crippen molar-refractivity contribution in [2.45, 2.75) is 27.2 Å². The lowest BCUT2D eigenvalue weighted by atomic mass is 10.0. The number of pyridine rings is 1. The van der Waals surface area contributed by atoms with Crippen molar-refractivity contribution >= 4 is 32.5 Å². The van der Waals surface area contributed by atoms with E-state index in [0.717, 1.165) is 17.3 Å². The van der Waals surface area contributed by atoms with Crippen molar-refractivity contribution < 1.29 is 8.78 Å². The van der Waals surface area contributed by atoms with E-state index in [9.17, 15) is 8.78 Å². The highest BCUT2D eigenvalue weighted by Crippen LogP contribution is 2.35. The Bertz CT molecular complexity index is 641. The molecule has 2 nitrogen and oxygen atoms in total. The van der Waals surface area contributed by atoms with Crippen LogP contribution in [0.25, 0.3) is 10.9 Å². The zero-order valence-corrected chi connectivity index (χ0v) is 12.7. The lowest BCUT2D eigenvalue weighted by Gasteiger charge is -2.16. The molecule has 0 radical (unpaired) electrons. The van der Waals surface area contributed by atoms with Gasteiger partial charge in [0.2, 0.25) is 0 Å². The summed E-state index contributed by atoms with van der Waals surface area (Å²) in [6.07, 6.45) is 0.713. The van der Waals surface area contributed by atoms with Gasteiger partial charge in [-0.2, -0.15) is 0 Å². The number of fused-ring (bicyclic) bond motifs is 1. The number of hydrogen-bond acceptors (Lipinski definition) is 2. The largest absolute Gasteiger partial charge is 0.384 e. The molecule has 0 spiro atoms. The van der Waals surface area contributed by atoms with Crippen LogP contribution in [0, 0.1) is 18.6 Å². The summed E-state index contributed by atoms with van der Waals surface area (Å²) in [7, 11) is 0. The molecule has 0 saturated carbocycles. The van der Waals surface area contributed by atoms with Gasteiger partial charge in [-0.3, -0.25) is 0 Å². The Balaban J connectivity index is 2.97. The molecule has 5 heteroatoms. The standard InChI is InChI=1S/C14H15BrF2N2/c1-4-8-7(3)19-14-10(16)6-9(15)12(17)11(14)13(8)18-5-2/h6H,4-5H2,1-3H3,(H,18,19). The molecular weight excluding hydrogens is 314 g/mol. The fourth-order valence-corrected chi connectivity index (χ4v) is 2.69. The van der Waals surface area contributed by atoms with Crippen LogP contribution in [-0.2, 0) is 6.42 Å². The molecule has 0 amide bonds. The first-order valence-corrected chi connectivity index (χ1v) is 7.01.